The highest BCUT2D eigenvalue weighted by Crippen LogP contribution is 2.27. The molecule has 1 N–H and O–H groups in total. The molecule has 1 unspecified atom stereocenters. The quantitative estimate of drug-likeness (QED) is 0.806. The smallest absolute Gasteiger partial charge is 0.122 e. The van der Waals surface area contributed by atoms with Gasteiger partial charge in [-0.25, -0.2) is 0 Å². The standard InChI is InChI=1S/C12H15ClO3/c1-12(15,5-6-14)8-9-7-10(13)3-4-11(9)16-2/h3-4,6-7,15H,5,8H2,1-2H3. The van der Waals surface area contributed by atoms with Gasteiger partial charge in [-0.2, -0.15) is 0 Å². The van der Waals surface area contributed by atoms with Crippen LogP contribution in [0.2, 0.25) is 5.02 Å². The van der Waals surface area contributed by atoms with Crippen molar-refractivity contribution in [3.05, 3.63) is 28.8 Å². The summed E-state index contributed by atoms with van der Waals surface area (Å²) in [5.41, 5.74) is -0.276. The highest BCUT2D eigenvalue weighted by atomic mass is 35.5. The molecule has 0 spiro atoms. The molecule has 88 valence electrons. The molecule has 0 aliphatic carbocycles. The molecular formula is C12H15ClO3. The summed E-state index contributed by atoms with van der Waals surface area (Å²) < 4.78 is 5.17. The van der Waals surface area contributed by atoms with Gasteiger partial charge in [-0.05, 0) is 30.7 Å². The molecule has 0 radical (unpaired) electrons. The maximum atomic E-state index is 10.4. The maximum Gasteiger partial charge on any atom is 0.122 e. The molecule has 0 aliphatic rings. The van der Waals surface area contributed by atoms with Crippen LogP contribution in [-0.2, 0) is 11.2 Å². The van der Waals surface area contributed by atoms with Gasteiger partial charge in [-0.3, -0.25) is 0 Å². The van der Waals surface area contributed by atoms with E-state index in [2.05, 4.69) is 0 Å². The number of halogens is 1. The predicted molar refractivity (Wildman–Crippen MR) is 63.0 cm³/mol. The molecule has 3 nitrogen and oxygen atoms in total. The van der Waals surface area contributed by atoms with Crippen LogP contribution in [0.4, 0.5) is 0 Å². The van der Waals surface area contributed by atoms with Gasteiger partial charge in [0.1, 0.15) is 12.0 Å². The van der Waals surface area contributed by atoms with E-state index in [4.69, 9.17) is 16.3 Å². The fraction of sp³-hybridized carbons (Fsp3) is 0.417. The molecule has 0 saturated heterocycles. The van der Waals surface area contributed by atoms with Crippen molar-refractivity contribution in [3.8, 4) is 5.75 Å². The maximum absolute atomic E-state index is 10.4. The Bertz CT molecular complexity index is 375. The topological polar surface area (TPSA) is 46.5 Å². The summed E-state index contributed by atoms with van der Waals surface area (Å²) in [5, 5.41) is 10.5. The van der Waals surface area contributed by atoms with Crippen molar-refractivity contribution in [1.29, 1.82) is 0 Å². The van der Waals surface area contributed by atoms with Gasteiger partial charge in [-0.15, -0.1) is 0 Å². The Morgan fingerprint density at radius 1 is 1.56 bits per heavy atom. The second-order valence-corrected chi connectivity index (χ2v) is 4.44. The number of ether oxygens (including phenoxy) is 1. The normalized spacial score (nSPS) is 14.2. The first kappa shape index (κ1) is 13.0. The number of methoxy groups -OCH3 is 1. The van der Waals surface area contributed by atoms with Crippen LogP contribution in [0, 0.1) is 0 Å². The average molecular weight is 243 g/mol. The van der Waals surface area contributed by atoms with Gasteiger partial charge < -0.3 is 14.6 Å². The zero-order valence-electron chi connectivity index (χ0n) is 9.37. The summed E-state index contributed by atoms with van der Waals surface area (Å²) in [7, 11) is 1.56. The monoisotopic (exact) mass is 242 g/mol. The highest BCUT2D eigenvalue weighted by molar-refractivity contribution is 6.30. The van der Waals surface area contributed by atoms with Crippen molar-refractivity contribution >= 4 is 17.9 Å². The first-order valence-electron chi connectivity index (χ1n) is 4.97. The third-order valence-electron chi connectivity index (χ3n) is 2.34. The van der Waals surface area contributed by atoms with E-state index in [9.17, 15) is 9.90 Å². The molecule has 4 heteroatoms. The van der Waals surface area contributed by atoms with Gasteiger partial charge in [0.05, 0.1) is 12.7 Å². The summed E-state index contributed by atoms with van der Waals surface area (Å²) in [6.07, 6.45) is 1.12. The van der Waals surface area contributed by atoms with Crippen LogP contribution in [0.3, 0.4) is 0 Å². The van der Waals surface area contributed by atoms with Crippen molar-refractivity contribution in [1.82, 2.24) is 0 Å². The Balaban J connectivity index is 2.94. The number of hydrogen-bond donors (Lipinski definition) is 1. The Morgan fingerprint density at radius 2 is 2.25 bits per heavy atom. The zero-order valence-corrected chi connectivity index (χ0v) is 10.1. The van der Waals surface area contributed by atoms with Crippen LogP contribution in [-0.4, -0.2) is 24.1 Å². The number of carbonyl (C=O) groups excluding carboxylic acids is 1. The third kappa shape index (κ3) is 3.51. The second kappa shape index (κ2) is 5.32. The minimum absolute atomic E-state index is 0.0860. The molecule has 0 fully saturated rings. The number of aldehydes is 1. The molecule has 0 heterocycles. The lowest BCUT2D eigenvalue weighted by molar-refractivity contribution is -0.111. The van der Waals surface area contributed by atoms with Crippen molar-refractivity contribution in [3.63, 3.8) is 0 Å². The molecule has 0 bridgehead atoms. The largest absolute Gasteiger partial charge is 0.496 e. The number of carbonyl (C=O) groups is 1. The van der Waals surface area contributed by atoms with Gasteiger partial charge >= 0.3 is 0 Å². The minimum Gasteiger partial charge on any atom is -0.496 e. The number of benzene rings is 1. The molecule has 0 amide bonds. The third-order valence-corrected chi connectivity index (χ3v) is 2.57. The minimum atomic E-state index is -1.07. The van der Waals surface area contributed by atoms with E-state index in [0.29, 0.717) is 23.5 Å². The number of rotatable bonds is 5. The molecule has 16 heavy (non-hydrogen) atoms. The van der Waals surface area contributed by atoms with Gasteiger partial charge in [0.15, 0.2) is 0 Å². The van der Waals surface area contributed by atoms with Crippen LogP contribution in [0.25, 0.3) is 0 Å². The molecule has 1 atom stereocenters. The highest BCUT2D eigenvalue weighted by Gasteiger charge is 2.22. The van der Waals surface area contributed by atoms with Crippen LogP contribution in [0.1, 0.15) is 18.9 Å². The van der Waals surface area contributed by atoms with Gasteiger partial charge in [-0.1, -0.05) is 11.6 Å². The Labute approximate surface area is 100.0 Å². The van der Waals surface area contributed by atoms with Crippen LogP contribution in [0.5, 0.6) is 5.75 Å². The van der Waals surface area contributed by atoms with E-state index in [-0.39, 0.29) is 6.42 Å². The first-order valence-corrected chi connectivity index (χ1v) is 5.35. The summed E-state index contributed by atoms with van der Waals surface area (Å²) in [4.78, 5) is 10.4. The molecular weight excluding hydrogens is 228 g/mol. The lowest BCUT2D eigenvalue weighted by Crippen LogP contribution is -2.27. The van der Waals surface area contributed by atoms with E-state index >= 15 is 0 Å². The number of aliphatic hydroxyl groups is 1. The SMILES string of the molecule is COc1ccc(Cl)cc1CC(C)(O)CC=O. The predicted octanol–water partition coefficient (Wildman–Crippen LogP) is 2.23. The Kier molecular flexibility index (Phi) is 4.33. The van der Waals surface area contributed by atoms with E-state index in [1.54, 1.807) is 32.2 Å². The molecule has 0 saturated carbocycles. The van der Waals surface area contributed by atoms with Gasteiger partial charge in [0, 0.05) is 17.9 Å². The summed E-state index contributed by atoms with van der Waals surface area (Å²) >= 11 is 5.87. The lowest BCUT2D eigenvalue weighted by atomic mass is 9.93. The van der Waals surface area contributed by atoms with Gasteiger partial charge in [0.2, 0.25) is 0 Å². The molecule has 0 aromatic heterocycles. The van der Waals surface area contributed by atoms with E-state index in [1.807, 2.05) is 0 Å². The lowest BCUT2D eigenvalue weighted by Gasteiger charge is -2.21. The summed E-state index contributed by atoms with van der Waals surface area (Å²) in [6.45, 7) is 1.61. The van der Waals surface area contributed by atoms with E-state index in [1.165, 1.54) is 0 Å². The fourth-order valence-corrected chi connectivity index (χ4v) is 1.74. The Hall–Kier alpha value is -1.06. The molecule has 1 rings (SSSR count). The van der Waals surface area contributed by atoms with Crippen LogP contribution >= 0.6 is 11.6 Å². The van der Waals surface area contributed by atoms with Crippen molar-refractivity contribution in [2.75, 3.05) is 7.11 Å². The van der Waals surface area contributed by atoms with E-state index < -0.39 is 5.60 Å². The molecule has 1 aromatic rings. The van der Waals surface area contributed by atoms with Crippen LogP contribution in [0.15, 0.2) is 18.2 Å². The van der Waals surface area contributed by atoms with Crippen molar-refractivity contribution < 1.29 is 14.6 Å². The van der Waals surface area contributed by atoms with Crippen LogP contribution < -0.4 is 4.74 Å². The summed E-state index contributed by atoms with van der Waals surface area (Å²) in [6, 6.07) is 5.20. The van der Waals surface area contributed by atoms with Crippen molar-refractivity contribution in [2.45, 2.75) is 25.4 Å². The van der Waals surface area contributed by atoms with Crippen molar-refractivity contribution in [2.24, 2.45) is 0 Å². The van der Waals surface area contributed by atoms with E-state index in [0.717, 1.165) is 5.56 Å². The number of hydrogen-bond acceptors (Lipinski definition) is 3. The van der Waals surface area contributed by atoms with Gasteiger partial charge in [0.25, 0.3) is 0 Å². The second-order valence-electron chi connectivity index (χ2n) is 4.00. The molecule has 1 aromatic carbocycles. The molecule has 0 aliphatic heterocycles. The fourth-order valence-electron chi connectivity index (χ4n) is 1.55. The Morgan fingerprint density at radius 3 is 2.81 bits per heavy atom. The average Bonchev–Trinajstić information content (AvgIpc) is 2.17. The first-order chi connectivity index (χ1) is 7.48. The summed E-state index contributed by atoms with van der Waals surface area (Å²) in [5.74, 6) is 0.663. The zero-order chi connectivity index (χ0) is 12.2.